The van der Waals surface area contributed by atoms with Crippen molar-refractivity contribution in [2.75, 3.05) is 0 Å². The van der Waals surface area contributed by atoms with Crippen molar-refractivity contribution in [3.8, 4) is 11.3 Å². The molecule has 2 heterocycles. The molecule has 0 amide bonds. The third-order valence-electron chi connectivity index (χ3n) is 3.98. The molecule has 4 nitrogen and oxygen atoms in total. The number of hydrogen-bond acceptors (Lipinski definition) is 3. The molecule has 0 aliphatic rings. The Balaban J connectivity index is 1.72. The fourth-order valence-corrected chi connectivity index (χ4v) is 3.10. The van der Waals surface area contributed by atoms with Crippen molar-refractivity contribution in [2.45, 2.75) is 6.54 Å². The van der Waals surface area contributed by atoms with Crippen molar-refractivity contribution in [1.29, 1.82) is 0 Å². The van der Waals surface area contributed by atoms with E-state index in [1.165, 1.54) is 4.68 Å². The van der Waals surface area contributed by atoms with Crippen molar-refractivity contribution in [3.63, 3.8) is 0 Å². The monoisotopic (exact) mass is 391 g/mol. The first-order valence-corrected chi connectivity index (χ1v) is 8.66. The number of pyridine rings is 1. The number of benzene rings is 2. The Labute approximate surface area is 152 Å². The fraction of sp³-hybridized carbons (Fsp3) is 0.0500. The highest BCUT2D eigenvalue weighted by Gasteiger charge is 2.05. The maximum Gasteiger partial charge on any atom is 0.267 e. The standard InChI is InChI=1S/C20H14BrN3O/c21-17-11-16-10-14(6-7-18(16)22-12-17)13-24-20(25)9-8-19(23-24)15-4-2-1-3-5-15/h1-12H,13H2. The molecule has 0 aliphatic carbocycles. The zero-order chi connectivity index (χ0) is 17.2. The number of fused-ring (bicyclic) bond motifs is 1. The van der Waals surface area contributed by atoms with E-state index in [4.69, 9.17) is 0 Å². The number of rotatable bonds is 3. The van der Waals surface area contributed by atoms with Crippen LogP contribution in [0.5, 0.6) is 0 Å². The average Bonchev–Trinajstić information content (AvgIpc) is 2.64. The molecule has 0 aliphatic heterocycles. The predicted octanol–water partition coefficient (Wildman–Crippen LogP) is 4.27. The van der Waals surface area contributed by atoms with Gasteiger partial charge in [0.05, 0.1) is 17.8 Å². The highest BCUT2D eigenvalue weighted by molar-refractivity contribution is 9.10. The van der Waals surface area contributed by atoms with Crippen LogP contribution in [0, 0.1) is 0 Å². The van der Waals surface area contributed by atoms with Gasteiger partial charge in [0.2, 0.25) is 0 Å². The van der Waals surface area contributed by atoms with Gasteiger partial charge in [-0.25, -0.2) is 4.68 Å². The Morgan fingerprint density at radius 3 is 2.64 bits per heavy atom. The maximum absolute atomic E-state index is 12.2. The van der Waals surface area contributed by atoms with Crippen molar-refractivity contribution in [3.05, 3.63) is 93.3 Å². The lowest BCUT2D eigenvalue weighted by Crippen LogP contribution is -2.22. The molecule has 2 aromatic carbocycles. The molecule has 0 spiro atoms. The van der Waals surface area contributed by atoms with Crippen LogP contribution in [-0.4, -0.2) is 14.8 Å². The first-order chi connectivity index (χ1) is 12.2. The summed E-state index contributed by atoms with van der Waals surface area (Å²) in [4.78, 5) is 16.6. The molecule has 4 rings (SSSR count). The molecular formula is C20H14BrN3O. The molecule has 0 saturated heterocycles. The Morgan fingerprint density at radius 1 is 0.960 bits per heavy atom. The van der Waals surface area contributed by atoms with Crippen LogP contribution in [0.25, 0.3) is 22.2 Å². The third kappa shape index (κ3) is 3.37. The molecule has 2 aromatic heterocycles. The van der Waals surface area contributed by atoms with Gasteiger partial charge in [0, 0.05) is 27.7 Å². The van der Waals surface area contributed by atoms with Gasteiger partial charge in [-0.05, 0) is 45.8 Å². The van der Waals surface area contributed by atoms with Crippen LogP contribution >= 0.6 is 15.9 Å². The molecule has 5 heteroatoms. The van der Waals surface area contributed by atoms with E-state index >= 15 is 0 Å². The van der Waals surface area contributed by atoms with Crippen LogP contribution < -0.4 is 5.56 Å². The first kappa shape index (κ1) is 15.7. The summed E-state index contributed by atoms with van der Waals surface area (Å²) in [5.41, 5.74) is 3.58. The molecule has 4 aromatic rings. The van der Waals surface area contributed by atoms with Crippen molar-refractivity contribution >= 4 is 26.8 Å². The third-order valence-corrected chi connectivity index (χ3v) is 4.41. The van der Waals surface area contributed by atoms with Gasteiger partial charge in [-0.2, -0.15) is 5.10 Å². The topological polar surface area (TPSA) is 47.8 Å². The van der Waals surface area contributed by atoms with Crippen LogP contribution in [0.2, 0.25) is 0 Å². The molecule has 0 saturated carbocycles. The highest BCUT2D eigenvalue weighted by atomic mass is 79.9. The molecular weight excluding hydrogens is 378 g/mol. The van der Waals surface area contributed by atoms with Crippen LogP contribution in [0.3, 0.4) is 0 Å². The van der Waals surface area contributed by atoms with Crippen molar-refractivity contribution in [1.82, 2.24) is 14.8 Å². The van der Waals surface area contributed by atoms with Gasteiger partial charge in [0.15, 0.2) is 0 Å². The normalized spacial score (nSPS) is 10.9. The summed E-state index contributed by atoms with van der Waals surface area (Å²) < 4.78 is 2.42. The summed E-state index contributed by atoms with van der Waals surface area (Å²) in [5.74, 6) is 0. The van der Waals surface area contributed by atoms with E-state index < -0.39 is 0 Å². The highest BCUT2D eigenvalue weighted by Crippen LogP contribution is 2.19. The number of halogens is 1. The minimum Gasteiger partial charge on any atom is -0.268 e. The number of hydrogen-bond donors (Lipinski definition) is 0. The predicted molar refractivity (Wildman–Crippen MR) is 102 cm³/mol. The van der Waals surface area contributed by atoms with Gasteiger partial charge in [-0.15, -0.1) is 0 Å². The summed E-state index contributed by atoms with van der Waals surface area (Å²) in [6.45, 7) is 0.419. The summed E-state index contributed by atoms with van der Waals surface area (Å²) >= 11 is 3.44. The first-order valence-electron chi connectivity index (χ1n) is 7.87. The Hall–Kier alpha value is -2.79. The molecule has 0 atom stereocenters. The van der Waals surface area contributed by atoms with Gasteiger partial charge in [-0.3, -0.25) is 9.78 Å². The van der Waals surface area contributed by atoms with Gasteiger partial charge in [0.1, 0.15) is 0 Å². The lowest BCUT2D eigenvalue weighted by atomic mass is 10.1. The Kier molecular flexibility index (Phi) is 4.15. The minimum atomic E-state index is -0.118. The molecule has 0 unspecified atom stereocenters. The van der Waals surface area contributed by atoms with Gasteiger partial charge in [-0.1, -0.05) is 36.4 Å². The second-order valence-corrected chi connectivity index (χ2v) is 6.68. The second-order valence-electron chi connectivity index (χ2n) is 5.76. The van der Waals surface area contributed by atoms with Gasteiger partial charge < -0.3 is 0 Å². The van der Waals surface area contributed by atoms with Crippen LogP contribution in [-0.2, 0) is 6.54 Å². The van der Waals surface area contributed by atoms with Crippen molar-refractivity contribution in [2.24, 2.45) is 0 Å². The largest absolute Gasteiger partial charge is 0.268 e. The molecule has 122 valence electrons. The zero-order valence-corrected chi connectivity index (χ0v) is 14.8. The minimum absolute atomic E-state index is 0.118. The van der Waals surface area contributed by atoms with Crippen LogP contribution in [0.1, 0.15) is 5.56 Å². The lowest BCUT2D eigenvalue weighted by molar-refractivity contribution is 0.643. The van der Waals surface area contributed by atoms with E-state index in [0.29, 0.717) is 6.54 Å². The van der Waals surface area contributed by atoms with E-state index in [0.717, 1.165) is 32.2 Å². The number of aromatic nitrogens is 3. The number of nitrogens with zero attached hydrogens (tertiary/aromatic N) is 3. The molecule has 0 N–H and O–H groups in total. The Morgan fingerprint density at radius 2 is 1.80 bits per heavy atom. The van der Waals surface area contributed by atoms with E-state index in [1.54, 1.807) is 18.3 Å². The average molecular weight is 392 g/mol. The maximum atomic E-state index is 12.2. The Bertz CT molecular complexity index is 1110. The molecule has 0 radical (unpaired) electrons. The van der Waals surface area contributed by atoms with Crippen LogP contribution in [0.4, 0.5) is 0 Å². The molecule has 25 heavy (non-hydrogen) atoms. The van der Waals surface area contributed by atoms with E-state index in [2.05, 4.69) is 26.0 Å². The van der Waals surface area contributed by atoms with Gasteiger partial charge in [0.25, 0.3) is 5.56 Å². The second kappa shape index (κ2) is 6.61. The zero-order valence-electron chi connectivity index (χ0n) is 13.3. The molecule has 0 fully saturated rings. The van der Waals surface area contributed by atoms with Gasteiger partial charge >= 0.3 is 0 Å². The van der Waals surface area contributed by atoms with E-state index in [-0.39, 0.29) is 5.56 Å². The summed E-state index contributed by atoms with van der Waals surface area (Å²) in [5, 5.41) is 5.54. The van der Waals surface area contributed by atoms with E-state index in [1.807, 2.05) is 54.6 Å². The quantitative estimate of drug-likeness (QED) is 0.523. The fourth-order valence-electron chi connectivity index (χ4n) is 2.75. The molecule has 0 bridgehead atoms. The van der Waals surface area contributed by atoms with Crippen molar-refractivity contribution < 1.29 is 0 Å². The SMILES string of the molecule is O=c1ccc(-c2ccccc2)nn1Cc1ccc2ncc(Br)cc2c1. The summed E-state index contributed by atoms with van der Waals surface area (Å²) in [6, 6.07) is 21.2. The summed E-state index contributed by atoms with van der Waals surface area (Å²) in [6.07, 6.45) is 1.78. The van der Waals surface area contributed by atoms with E-state index in [9.17, 15) is 4.79 Å². The van der Waals surface area contributed by atoms with Crippen LogP contribution in [0.15, 0.2) is 82.2 Å². The lowest BCUT2D eigenvalue weighted by Gasteiger charge is -2.08. The summed E-state index contributed by atoms with van der Waals surface area (Å²) in [7, 11) is 0. The smallest absolute Gasteiger partial charge is 0.267 e.